The summed E-state index contributed by atoms with van der Waals surface area (Å²) in [7, 11) is 0. The Morgan fingerprint density at radius 3 is 2.33 bits per heavy atom. The van der Waals surface area contributed by atoms with Crippen molar-refractivity contribution in [1.82, 2.24) is 9.80 Å². The molecule has 106 valence electrons. The third-order valence-corrected chi connectivity index (χ3v) is 3.76. The number of likely N-dealkylation sites (tertiary alicyclic amines) is 1. The molecule has 1 aliphatic rings. The molecule has 0 saturated carbocycles. The van der Waals surface area contributed by atoms with Crippen LogP contribution in [0.2, 0.25) is 0 Å². The summed E-state index contributed by atoms with van der Waals surface area (Å²) in [5.74, 6) is 0.251. The number of amides is 1. The summed E-state index contributed by atoms with van der Waals surface area (Å²) in [6.45, 7) is 9.01. The summed E-state index contributed by atoms with van der Waals surface area (Å²) < 4.78 is 0. The first kappa shape index (κ1) is 15.4. The minimum Gasteiger partial charge on any atom is -0.396 e. The Morgan fingerprint density at radius 1 is 1.22 bits per heavy atom. The van der Waals surface area contributed by atoms with Crippen LogP contribution in [0.1, 0.15) is 46.5 Å². The van der Waals surface area contributed by atoms with Crippen molar-refractivity contribution in [1.29, 1.82) is 0 Å². The molecule has 0 aromatic heterocycles. The molecule has 1 amide bonds. The fourth-order valence-corrected chi connectivity index (χ4v) is 2.67. The lowest BCUT2D eigenvalue weighted by atomic mass is 10.1. The lowest BCUT2D eigenvalue weighted by Crippen LogP contribution is -2.51. The van der Waals surface area contributed by atoms with Crippen molar-refractivity contribution in [3.63, 3.8) is 0 Å². The van der Waals surface area contributed by atoms with Gasteiger partial charge in [0.1, 0.15) is 0 Å². The van der Waals surface area contributed by atoms with Crippen molar-refractivity contribution < 1.29 is 9.90 Å². The van der Waals surface area contributed by atoms with Gasteiger partial charge in [0.2, 0.25) is 5.91 Å². The molecule has 4 heteroatoms. The van der Waals surface area contributed by atoms with Crippen LogP contribution >= 0.6 is 0 Å². The van der Waals surface area contributed by atoms with Crippen molar-refractivity contribution in [2.75, 3.05) is 26.2 Å². The van der Waals surface area contributed by atoms with Gasteiger partial charge in [-0.15, -0.1) is 0 Å². The average Bonchev–Trinajstić information content (AvgIpc) is 2.38. The predicted octanol–water partition coefficient (Wildman–Crippen LogP) is 1.48. The van der Waals surface area contributed by atoms with Crippen LogP contribution in [-0.2, 0) is 4.79 Å². The van der Waals surface area contributed by atoms with Gasteiger partial charge in [0.05, 0.1) is 6.04 Å². The molecule has 4 nitrogen and oxygen atoms in total. The summed E-state index contributed by atoms with van der Waals surface area (Å²) in [5, 5.41) is 8.94. The number of piperidine rings is 1. The summed E-state index contributed by atoms with van der Waals surface area (Å²) in [5.41, 5.74) is 0. The van der Waals surface area contributed by atoms with Gasteiger partial charge < -0.3 is 10.0 Å². The number of rotatable bonds is 6. The first-order valence-electron chi connectivity index (χ1n) is 7.23. The molecular weight excluding hydrogens is 228 g/mol. The van der Waals surface area contributed by atoms with Gasteiger partial charge in [-0.2, -0.15) is 0 Å². The fourth-order valence-electron chi connectivity index (χ4n) is 2.67. The molecule has 1 atom stereocenters. The van der Waals surface area contributed by atoms with Crippen LogP contribution in [-0.4, -0.2) is 59.1 Å². The highest BCUT2D eigenvalue weighted by Gasteiger charge is 2.27. The smallest absolute Gasteiger partial charge is 0.239 e. The molecule has 1 saturated heterocycles. The van der Waals surface area contributed by atoms with E-state index in [4.69, 9.17) is 5.11 Å². The third-order valence-electron chi connectivity index (χ3n) is 3.76. The average molecular weight is 256 g/mol. The lowest BCUT2D eigenvalue weighted by molar-refractivity contribution is -0.138. The SMILES string of the molecule is CC(C)N(CCCO)C(C)C(=O)N1CCCCC1. The number of carbonyl (C=O) groups is 1. The van der Waals surface area contributed by atoms with E-state index in [0.29, 0.717) is 6.04 Å². The van der Waals surface area contributed by atoms with Gasteiger partial charge in [0, 0.05) is 32.3 Å². The highest BCUT2D eigenvalue weighted by Crippen LogP contribution is 2.14. The molecule has 0 aliphatic carbocycles. The largest absolute Gasteiger partial charge is 0.396 e. The third kappa shape index (κ3) is 4.25. The Morgan fingerprint density at radius 2 is 1.83 bits per heavy atom. The summed E-state index contributed by atoms with van der Waals surface area (Å²) in [4.78, 5) is 16.6. The normalized spacial score (nSPS) is 18.4. The van der Waals surface area contributed by atoms with Gasteiger partial charge in [-0.1, -0.05) is 0 Å². The Labute approximate surface area is 111 Å². The van der Waals surface area contributed by atoms with Crippen molar-refractivity contribution in [3.8, 4) is 0 Å². The molecule has 0 radical (unpaired) electrons. The quantitative estimate of drug-likeness (QED) is 0.783. The van der Waals surface area contributed by atoms with E-state index in [0.717, 1.165) is 38.9 Å². The van der Waals surface area contributed by atoms with E-state index in [1.54, 1.807) is 0 Å². The Bertz CT molecular complexity index is 250. The van der Waals surface area contributed by atoms with E-state index in [-0.39, 0.29) is 18.6 Å². The zero-order chi connectivity index (χ0) is 13.5. The van der Waals surface area contributed by atoms with E-state index in [1.165, 1.54) is 6.42 Å². The van der Waals surface area contributed by atoms with E-state index in [1.807, 2.05) is 11.8 Å². The fraction of sp³-hybridized carbons (Fsp3) is 0.929. The van der Waals surface area contributed by atoms with Crippen LogP contribution < -0.4 is 0 Å². The van der Waals surface area contributed by atoms with Crippen molar-refractivity contribution in [2.24, 2.45) is 0 Å². The first-order chi connectivity index (χ1) is 8.57. The molecule has 0 bridgehead atoms. The minimum absolute atomic E-state index is 0.0744. The second-order valence-electron chi connectivity index (χ2n) is 5.47. The second kappa shape index (κ2) is 7.74. The highest BCUT2D eigenvalue weighted by atomic mass is 16.3. The minimum atomic E-state index is -0.0744. The van der Waals surface area contributed by atoms with Crippen molar-refractivity contribution in [2.45, 2.75) is 58.5 Å². The van der Waals surface area contributed by atoms with E-state index in [2.05, 4.69) is 18.7 Å². The molecular formula is C14H28N2O2. The topological polar surface area (TPSA) is 43.8 Å². The summed E-state index contributed by atoms with van der Waals surface area (Å²) in [6.07, 6.45) is 4.25. The maximum absolute atomic E-state index is 12.4. The van der Waals surface area contributed by atoms with Gasteiger partial charge >= 0.3 is 0 Å². The first-order valence-corrected chi connectivity index (χ1v) is 7.23. The Kier molecular flexibility index (Phi) is 6.65. The Hall–Kier alpha value is -0.610. The van der Waals surface area contributed by atoms with Gasteiger partial charge in [0.15, 0.2) is 0 Å². The molecule has 0 aromatic carbocycles. The summed E-state index contributed by atoms with van der Waals surface area (Å²) in [6, 6.07) is 0.259. The molecule has 1 unspecified atom stereocenters. The van der Waals surface area contributed by atoms with E-state index in [9.17, 15) is 4.79 Å². The van der Waals surface area contributed by atoms with E-state index >= 15 is 0 Å². The van der Waals surface area contributed by atoms with Crippen LogP contribution in [0.5, 0.6) is 0 Å². The molecule has 1 aliphatic heterocycles. The van der Waals surface area contributed by atoms with Gasteiger partial charge in [0.25, 0.3) is 0 Å². The number of aliphatic hydroxyl groups is 1. The van der Waals surface area contributed by atoms with Crippen molar-refractivity contribution in [3.05, 3.63) is 0 Å². The van der Waals surface area contributed by atoms with Crippen LogP contribution in [0.25, 0.3) is 0 Å². The standard InChI is InChI=1S/C14H28N2O2/c1-12(2)16(10-7-11-17)13(3)14(18)15-8-5-4-6-9-15/h12-13,17H,4-11H2,1-3H3. The van der Waals surface area contributed by atoms with Crippen LogP contribution in [0.15, 0.2) is 0 Å². The Balaban J connectivity index is 2.57. The van der Waals surface area contributed by atoms with Crippen LogP contribution in [0, 0.1) is 0 Å². The van der Waals surface area contributed by atoms with Crippen molar-refractivity contribution >= 4 is 5.91 Å². The zero-order valence-corrected chi connectivity index (χ0v) is 12.1. The number of hydrogen-bond donors (Lipinski definition) is 1. The molecule has 1 fully saturated rings. The number of nitrogens with zero attached hydrogens (tertiary/aromatic N) is 2. The molecule has 1 heterocycles. The highest BCUT2D eigenvalue weighted by molar-refractivity contribution is 5.81. The maximum Gasteiger partial charge on any atom is 0.239 e. The van der Waals surface area contributed by atoms with E-state index < -0.39 is 0 Å². The predicted molar refractivity (Wildman–Crippen MR) is 73.4 cm³/mol. The number of aliphatic hydroxyl groups excluding tert-OH is 1. The van der Waals surface area contributed by atoms with Gasteiger partial charge in [-0.25, -0.2) is 0 Å². The number of hydrogen-bond acceptors (Lipinski definition) is 3. The lowest BCUT2D eigenvalue weighted by Gasteiger charge is -2.36. The zero-order valence-electron chi connectivity index (χ0n) is 12.1. The van der Waals surface area contributed by atoms with Gasteiger partial charge in [-0.05, 0) is 46.5 Å². The molecule has 1 rings (SSSR count). The summed E-state index contributed by atoms with van der Waals surface area (Å²) >= 11 is 0. The molecule has 18 heavy (non-hydrogen) atoms. The second-order valence-corrected chi connectivity index (χ2v) is 5.47. The molecule has 1 N–H and O–H groups in total. The number of carbonyl (C=O) groups excluding carboxylic acids is 1. The monoisotopic (exact) mass is 256 g/mol. The van der Waals surface area contributed by atoms with Crippen LogP contribution in [0.3, 0.4) is 0 Å². The van der Waals surface area contributed by atoms with Crippen LogP contribution in [0.4, 0.5) is 0 Å². The maximum atomic E-state index is 12.4. The molecule has 0 aromatic rings. The van der Waals surface area contributed by atoms with Gasteiger partial charge in [-0.3, -0.25) is 9.69 Å². The molecule has 0 spiro atoms.